The molecule has 2 aliphatic heterocycles. The number of methoxy groups -OCH3 is 3. The maximum absolute atomic E-state index is 10.3. The number of aromatic nitrogens is 2. The van der Waals surface area contributed by atoms with Crippen molar-refractivity contribution in [3.8, 4) is 17.2 Å². The molecule has 14 heteroatoms. The predicted molar refractivity (Wildman–Crippen MR) is 159 cm³/mol. The molecule has 1 fully saturated rings. The van der Waals surface area contributed by atoms with E-state index >= 15 is 0 Å². The fourth-order valence-corrected chi connectivity index (χ4v) is 5.24. The monoisotopic (exact) mass is 618 g/mol. The lowest BCUT2D eigenvalue weighted by atomic mass is 9.96. The van der Waals surface area contributed by atoms with Gasteiger partial charge < -0.3 is 39.5 Å². The quantitative estimate of drug-likeness (QED) is 0.271. The largest absolute Gasteiger partial charge is 0.496 e. The number of nitrogens with zero attached hydrogens (tertiary/aromatic N) is 4. The van der Waals surface area contributed by atoms with E-state index in [2.05, 4.69) is 23.6 Å². The normalized spacial score (nSPS) is 14.8. The molecule has 0 saturated carbocycles. The van der Waals surface area contributed by atoms with Gasteiger partial charge in [0.25, 0.3) is 0 Å². The summed E-state index contributed by atoms with van der Waals surface area (Å²) < 4.78 is 16.6. The Bertz CT molecular complexity index is 1330. The number of carboxylic acid groups (broad SMARTS) is 3. The summed E-state index contributed by atoms with van der Waals surface area (Å²) >= 11 is 0. The van der Waals surface area contributed by atoms with Crippen molar-refractivity contribution >= 4 is 23.7 Å². The van der Waals surface area contributed by atoms with Crippen molar-refractivity contribution in [2.24, 2.45) is 0 Å². The molecule has 1 aromatic carbocycles. The Labute approximate surface area is 256 Å². The average molecular weight is 619 g/mol. The van der Waals surface area contributed by atoms with E-state index in [-0.39, 0.29) is 0 Å². The summed E-state index contributed by atoms with van der Waals surface area (Å²) in [5.74, 6) is -0.372. The molecule has 0 bridgehead atoms. The third-order valence-electron chi connectivity index (χ3n) is 7.53. The number of rotatable bonds is 12. The van der Waals surface area contributed by atoms with Crippen molar-refractivity contribution in [1.82, 2.24) is 14.9 Å². The van der Waals surface area contributed by atoms with Gasteiger partial charge in [-0.05, 0) is 25.3 Å². The molecule has 0 spiro atoms. The van der Waals surface area contributed by atoms with Crippen molar-refractivity contribution < 1.29 is 49.0 Å². The second-order valence-corrected chi connectivity index (χ2v) is 11.1. The first-order valence-electron chi connectivity index (χ1n) is 14.4. The van der Waals surface area contributed by atoms with E-state index in [9.17, 15) is 14.4 Å². The zero-order valence-electron chi connectivity index (χ0n) is 25.8. The second kappa shape index (κ2) is 15.0. The summed E-state index contributed by atoms with van der Waals surface area (Å²) in [6.45, 7) is 9.10. The van der Waals surface area contributed by atoms with Crippen LogP contribution in [0.15, 0.2) is 12.1 Å². The van der Waals surface area contributed by atoms with Crippen molar-refractivity contribution in [3.63, 3.8) is 0 Å². The molecule has 44 heavy (non-hydrogen) atoms. The van der Waals surface area contributed by atoms with E-state index in [0.717, 1.165) is 62.0 Å². The molecule has 1 saturated heterocycles. The molecule has 0 atom stereocenters. The molecule has 14 nitrogen and oxygen atoms in total. The van der Waals surface area contributed by atoms with E-state index in [0.29, 0.717) is 11.7 Å². The minimum Gasteiger partial charge on any atom is -0.496 e. The van der Waals surface area contributed by atoms with Crippen LogP contribution < -0.4 is 19.1 Å². The molecule has 1 aromatic heterocycles. The number of carboxylic acids is 3. The number of carbonyl (C=O) groups is 3. The summed E-state index contributed by atoms with van der Waals surface area (Å²) in [5.41, 5.74) is 0.854. The van der Waals surface area contributed by atoms with Crippen LogP contribution in [0.5, 0.6) is 17.2 Å². The summed E-state index contributed by atoms with van der Waals surface area (Å²) in [4.78, 5) is 45.3. The Morgan fingerprint density at radius 3 is 1.95 bits per heavy atom. The first-order chi connectivity index (χ1) is 20.8. The topological polar surface area (TPSA) is 192 Å². The van der Waals surface area contributed by atoms with Crippen LogP contribution in [0.1, 0.15) is 68.1 Å². The SMILES string of the molecule is COc1cc(OC)c(OC)cc1CN1CCc2c(nc(C(C)C)nc2N2CCCC2)C1.O=C(O)CC(O)(CC(=O)O)C(=O)O. The smallest absolute Gasteiger partial charge is 0.336 e. The van der Waals surface area contributed by atoms with Crippen molar-refractivity contribution in [1.29, 1.82) is 0 Å². The van der Waals surface area contributed by atoms with Crippen LogP contribution in [-0.2, 0) is 33.9 Å². The van der Waals surface area contributed by atoms with Gasteiger partial charge in [0.15, 0.2) is 17.1 Å². The van der Waals surface area contributed by atoms with Crippen LogP contribution in [0.4, 0.5) is 5.82 Å². The predicted octanol–water partition coefficient (Wildman–Crippen LogP) is 2.54. The highest BCUT2D eigenvalue weighted by Gasteiger charge is 2.40. The lowest BCUT2D eigenvalue weighted by Crippen LogP contribution is -2.42. The lowest BCUT2D eigenvalue weighted by molar-refractivity contribution is -0.170. The molecule has 0 aliphatic carbocycles. The molecular formula is C30H42N4O10. The Hall–Kier alpha value is -4.17. The van der Waals surface area contributed by atoms with Crippen molar-refractivity contribution in [2.75, 3.05) is 45.9 Å². The Kier molecular flexibility index (Phi) is 11.7. The number of aliphatic hydroxyl groups is 1. The molecule has 0 radical (unpaired) electrons. The van der Waals surface area contributed by atoms with Crippen LogP contribution in [0, 0.1) is 0 Å². The van der Waals surface area contributed by atoms with Gasteiger partial charge >= 0.3 is 17.9 Å². The molecule has 242 valence electrons. The van der Waals surface area contributed by atoms with Gasteiger partial charge in [0, 0.05) is 55.8 Å². The number of hydrogen-bond acceptors (Lipinski definition) is 11. The second-order valence-electron chi connectivity index (χ2n) is 11.1. The Morgan fingerprint density at radius 2 is 1.45 bits per heavy atom. The third kappa shape index (κ3) is 8.47. The molecule has 3 heterocycles. The molecular weight excluding hydrogens is 576 g/mol. The van der Waals surface area contributed by atoms with Crippen LogP contribution in [0.2, 0.25) is 0 Å². The molecule has 0 unspecified atom stereocenters. The van der Waals surface area contributed by atoms with Crippen molar-refractivity contribution in [3.05, 3.63) is 34.8 Å². The van der Waals surface area contributed by atoms with Gasteiger partial charge in [-0.25, -0.2) is 14.8 Å². The number of aliphatic carboxylic acids is 3. The van der Waals surface area contributed by atoms with Gasteiger partial charge in [-0.3, -0.25) is 14.5 Å². The highest BCUT2D eigenvalue weighted by Crippen LogP contribution is 2.36. The van der Waals surface area contributed by atoms with Gasteiger partial charge in [0.2, 0.25) is 0 Å². The number of hydrogen-bond donors (Lipinski definition) is 4. The van der Waals surface area contributed by atoms with Crippen LogP contribution in [0.3, 0.4) is 0 Å². The Balaban J connectivity index is 0.000000345. The van der Waals surface area contributed by atoms with E-state index in [1.165, 1.54) is 29.9 Å². The summed E-state index contributed by atoms with van der Waals surface area (Å²) in [5, 5.41) is 33.8. The average Bonchev–Trinajstić information content (AvgIpc) is 3.50. The number of benzene rings is 1. The van der Waals surface area contributed by atoms with Crippen LogP contribution in [-0.4, -0.2) is 99.8 Å². The number of fused-ring (bicyclic) bond motifs is 1. The van der Waals surface area contributed by atoms with Crippen molar-refractivity contribution in [2.45, 2.75) is 70.6 Å². The standard InChI is InChI=1S/C24H34N4O3.C6H8O7/c1-16(2)23-25-19-15-27(11-8-18(19)24(26-23)28-9-6-7-10-28)14-17-12-21(30-4)22(31-5)13-20(17)29-3;7-3(8)1-6(13,5(11)12)2-4(9)10/h12-13,16H,6-11,14-15H2,1-5H3;13H,1-2H2,(H,7,8)(H,9,10)(H,11,12). The van der Waals surface area contributed by atoms with E-state index in [1.807, 2.05) is 12.1 Å². The van der Waals surface area contributed by atoms with Crippen LogP contribution in [0.25, 0.3) is 0 Å². The molecule has 4 rings (SSSR count). The zero-order valence-corrected chi connectivity index (χ0v) is 25.8. The van der Waals surface area contributed by atoms with E-state index < -0.39 is 36.4 Å². The minimum atomic E-state index is -2.74. The fraction of sp³-hybridized carbons (Fsp3) is 0.567. The number of anilines is 1. The Morgan fingerprint density at radius 1 is 0.886 bits per heavy atom. The molecule has 0 amide bonds. The van der Waals surface area contributed by atoms with E-state index in [1.54, 1.807) is 21.3 Å². The zero-order chi connectivity index (χ0) is 32.6. The summed E-state index contributed by atoms with van der Waals surface area (Å²) in [6.07, 6.45) is 1.18. The van der Waals surface area contributed by atoms with Gasteiger partial charge in [0.1, 0.15) is 17.4 Å². The summed E-state index contributed by atoms with van der Waals surface area (Å²) in [6, 6.07) is 3.92. The first-order valence-corrected chi connectivity index (χ1v) is 14.4. The first kappa shape index (κ1) is 34.3. The lowest BCUT2D eigenvalue weighted by Gasteiger charge is -2.32. The van der Waals surface area contributed by atoms with Gasteiger partial charge in [-0.2, -0.15) is 0 Å². The minimum absolute atomic E-state index is 0.313. The maximum Gasteiger partial charge on any atom is 0.336 e. The van der Waals surface area contributed by atoms with Gasteiger partial charge in [0.05, 0.1) is 39.9 Å². The molecule has 2 aliphatic rings. The van der Waals surface area contributed by atoms with Gasteiger partial charge in [-0.15, -0.1) is 0 Å². The third-order valence-corrected chi connectivity index (χ3v) is 7.53. The summed E-state index contributed by atoms with van der Waals surface area (Å²) in [7, 11) is 5.00. The molecule has 2 aromatic rings. The molecule has 4 N–H and O–H groups in total. The van der Waals surface area contributed by atoms with Gasteiger partial charge in [-0.1, -0.05) is 13.8 Å². The highest BCUT2D eigenvalue weighted by atomic mass is 16.5. The van der Waals surface area contributed by atoms with Crippen LogP contribution >= 0.6 is 0 Å². The highest BCUT2D eigenvalue weighted by molar-refractivity contribution is 5.88. The maximum atomic E-state index is 10.3. The number of ether oxygens (including phenoxy) is 3. The van der Waals surface area contributed by atoms with E-state index in [4.69, 9.17) is 44.6 Å². The fourth-order valence-electron chi connectivity index (χ4n) is 5.24.